The molecule has 2 amide bonds. The van der Waals surface area contributed by atoms with Gasteiger partial charge in [0.25, 0.3) is 11.8 Å². The maximum atomic E-state index is 13.0. The fourth-order valence-corrected chi connectivity index (χ4v) is 3.42. The number of rotatable bonds is 3. The van der Waals surface area contributed by atoms with E-state index in [1.807, 2.05) is 0 Å². The number of carbonyl (C=O) groups excluding carboxylic acids is 2. The van der Waals surface area contributed by atoms with Gasteiger partial charge in [-0.05, 0) is 36.4 Å². The Morgan fingerprint density at radius 2 is 1.64 bits per heavy atom. The highest BCUT2D eigenvalue weighted by Crippen LogP contribution is 2.24. The summed E-state index contributed by atoms with van der Waals surface area (Å²) in [6, 6.07) is 10.4. The summed E-state index contributed by atoms with van der Waals surface area (Å²) in [5.74, 6) is 0.389. The van der Waals surface area contributed by atoms with E-state index in [2.05, 4.69) is 5.10 Å². The van der Waals surface area contributed by atoms with Crippen LogP contribution in [0.1, 0.15) is 20.7 Å². The largest absolute Gasteiger partial charge is 0.463 e. The third-order valence-electron chi connectivity index (χ3n) is 4.76. The molecular formula is C20H19ClN4O3. The van der Waals surface area contributed by atoms with Gasteiger partial charge in [0.15, 0.2) is 5.76 Å². The van der Waals surface area contributed by atoms with Gasteiger partial charge in [0.05, 0.1) is 11.8 Å². The first kappa shape index (κ1) is 18.3. The second-order valence-electron chi connectivity index (χ2n) is 6.63. The molecule has 1 saturated heterocycles. The van der Waals surface area contributed by atoms with Gasteiger partial charge in [-0.15, -0.1) is 0 Å². The van der Waals surface area contributed by atoms with E-state index in [0.29, 0.717) is 53.8 Å². The average Bonchev–Trinajstić information content (AvgIpc) is 3.37. The molecular weight excluding hydrogens is 380 g/mol. The fourth-order valence-electron chi connectivity index (χ4n) is 3.30. The van der Waals surface area contributed by atoms with Gasteiger partial charge in [-0.1, -0.05) is 11.6 Å². The lowest BCUT2D eigenvalue weighted by molar-refractivity contribution is 0.0535. The second-order valence-corrected chi connectivity index (χ2v) is 7.07. The lowest BCUT2D eigenvalue weighted by Gasteiger charge is -2.34. The van der Waals surface area contributed by atoms with E-state index in [1.54, 1.807) is 70.4 Å². The Hall–Kier alpha value is -3.06. The van der Waals surface area contributed by atoms with Gasteiger partial charge in [-0.3, -0.25) is 14.3 Å². The summed E-state index contributed by atoms with van der Waals surface area (Å²) < 4.78 is 7.01. The van der Waals surface area contributed by atoms with Crippen molar-refractivity contribution in [3.8, 4) is 11.5 Å². The Bertz CT molecular complexity index is 987. The maximum Gasteiger partial charge on any atom is 0.257 e. The standard InChI is InChI=1S/C20H19ClN4O3/c1-23-13-16(18(22-23)17-3-2-12-28-17)20(27)25-10-8-24(9-11-25)19(26)14-4-6-15(21)7-5-14/h2-7,12-13H,8-11H2,1H3. The third kappa shape index (κ3) is 3.53. The molecule has 0 radical (unpaired) electrons. The Kier molecular flexibility index (Phi) is 4.92. The molecule has 3 aromatic rings. The van der Waals surface area contributed by atoms with E-state index in [9.17, 15) is 9.59 Å². The van der Waals surface area contributed by atoms with E-state index in [1.165, 1.54) is 0 Å². The second kappa shape index (κ2) is 7.52. The monoisotopic (exact) mass is 398 g/mol. The zero-order valence-corrected chi connectivity index (χ0v) is 16.1. The van der Waals surface area contributed by atoms with Gasteiger partial charge in [0.1, 0.15) is 5.69 Å². The predicted octanol–water partition coefficient (Wildman–Crippen LogP) is 2.93. The van der Waals surface area contributed by atoms with Crippen molar-refractivity contribution in [1.82, 2.24) is 19.6 Å². The summed E-state index contributed by atoms with van der Waals surface area (Å²) in [7, 11) is 1.77. The molecule has 1 aliphatic rings. The van der Waals surface area contributed by atoms with E-state index >= 15 is 0 Å². The van der Waals surface area contributed by atoms with Crippen molar-refractivity contribution < 1.29 is 14.0 Å². The fraction of sp³-hybridized carbons (Fsp3) is 0.250. The molecule has 144 valence electrons. The van der Waals surface area contributed by atoms with Gasteiger partial charge < -0.3 is 14.2 Å². The van der Waals surface area contributed by atoms with Gasteiger partial charge in [-0.25, -0.2) is 0 Å². The molecule has 0 spiro atoms. The summed E-state index contributed by atoms with van der Waals surface area (Å²) in [5.41, 5.74) is 1.61. The van der Waals surface area contributed by atoms with Crippen LogP contribution in [0.15, 0.2) is 53.3 Å². The number of piperazine rings is 1. The van der Waals surface area contributed by atoms with Gasteiger partial charge in [0, 0.05) is 50.0 Å². The van der Waals surface area contributed by atoms with E-state index in [4.69, 9.17) is 16.0 Å². The quantitative estimate of drug-likeness (QED) is 0.680. The maximum absolute atomic E-state index is 13.0. The van der Waals surface area contributed by atoms with Crippen LogP contribution in [0.2, 0.25) is 5.02 Å². The zero-order chi connectivity index (χ0) is 19.7. The highest BCUT2D eigenvalue weighted by molar-refractivity contribution is 6.30. The van der Waals surface area contributed by atoms with Gasteiger partial charge in [0.2, 0.25) is 0 Å². The van der Waals surface area contributed by atoms with Crippen LogP contribution in [0, 0.1) is 0 Å². The number of hydrogen-bond donors (Lipinski definition) is 0. The molecule has 1 fully saturated rings. The Balaban J connectivity index is 1.45. The molecule has 28 heavy (non-hydrogen) atoms. The average molecular weight is 399 g/mol. The van der Waals surface area contributed by atoms with Crippen LogP contribution in [-0.2, 0) is 7.05 Å². The molecule has 1 aliphatic heterocycles. The summed E-state index contributed by atoms with van der Waals surface area (Å²) >= 11 is 5.88. The first-order valence-electron chi connectivity index (χ1n) is 8.94. The van der Waals surface area contributed by atoms with Crippen LogP contribution in [0.25, 0.3) is 11.5 Å². The van der Waals surface area contributed by atoms with Crippen LogP contribution in [0.3, 0.4) is 0 Å². The van der Waals surface area contributed by atoms with Crippen molar-refractivity contribution >= 4 is 23.4 Å². The number of carbonyl (C=O) groups is 2. The van der Waals surface area contributed by atoms with Crippen molar-refractivity contribution in [2.45, 2.75) is 0 Å². The number of hydrogen-bond acceptors (Lipinski definition) is 4. The molecule has 0 unspecified atom stereocenters. The van der Waals surface area contributed by atoms with Crippen LogP contribution in [-0.4, -0.2) is 57.6 Å². The minimum Gasteiger partial charge on any atom is -0.463 e. The molecule has 1 aromatic carbocycles. The first-order chi connectivity index (χ1) is 13.5. The molecule has 4 rings (SSSR count). The molecule has 0 N–H and O–H groups in total. The smallest absolute Gasteiger partial charge is 0.257 e. The van der Waals surface area contributed by atoms with Crippen molar-refractivity contribution in [2.24, 2.45) is 7.05 Å². The van der Waals surface area contributed by atoms with Crippen molar-refractivity contribution in [3.05, 3.63) is 65.0 Å². The summed E-state index contributed by atoms with van der Waals surface area (Å²) in [4.78, 5) is 29.1. The molecule has 0 bridgehead atoms. The number of amides is 2. The lowest BCUT2D eigenvalue weighted by atomic mass is 10.1. The van der Waals surface area contributed by atoms with Crippen LogP contribution < -0.4 is 0 Å². The molecule has 3 heterocycles. The lowest BCUT2D eigenvalue weighted by Crippen LogP contribution is -2.50. The predicted molar refractivity (Wildman–Crippen MR) is 104 cm³/mol. The number of aryl methyl sites for hydroxylation is 1. The number of halogens is 1. The van der Waals surface area contributed by atoms with Crippen molar-refractivity contribution in [3.63, 3.8) is 0 Å². The highest BCUT2D eigenvalue weighted by atomic mass is 35.5. The Morgan fingerprint density at radius 3 is 2.25 bits per heavy atom. The number of benzene rings is 1. The minimum atomic E-state index is -0.113. The van der Waals surface area contributed by atoms with Crippen LogP contribution in [0.4, 0.5) is 0 Å². The van der Waals surface area contributed by atoms with Gasteiger partial charge >= 0.3 is 0 Å². The van der Waals surface area contributed by atoms with E-state index in [-0.39, 0.29) is 11.8 Å². The summed E-state index contributed by atoms with van der Waals surface area (Å²) in [6.45, 7) is 1.88. The third-order valence-corrected chi connectivity index (χ3v) is 5.01. The molecule has 7 nitrogen and oxygen atoms in total. The zero-order valence-electron chi connectivity index (χ0n) is 15.3. The van der Waals surface area contributed by atoms with Crippen molar-refractivity contribution in [1.29, 1.82) is 0 Å². The number of nitrogens with zero attached hydrogens (tertiary/aromatic N) is 4. The molecule has 8 heteroatoms. The minimum absolute atomic E-state index is 0.0542. The normalized spacial score (nSPS) is 14.4. The van der Waals surface area contributed by atoms with Crippen molar-refractivity contribution in [2.75, 3.05) is 26.2 Å². The SMILES string of the molecule is Cn1cc(C(=O)N2CCN(C(=O)c3ccc(Cl)cc3)CC2)c(-c2ccco2)n1. The first-order valence-corrected chi connectivity index (χ1v) is 9.32. The molecule has 2 aromatic heterocycles. The molecule has 0 aliphatic carbocycles. The highest BCUT2D eigenvalue weighted by Gasteiger charge is 2.28. The summed E-state index contributed by atoms with van der Waals surface area (Å²) in [6.07, 6.45) is 3.25. The number of furan rings is 1. The van der Waals surface area contributed by atoms with Crippen LogP contribution >= 0.6 is 11.6 Å². The Labute approximate surface area is 167 Å². The van der Waals surface area contributed by atoms with Gasteiger partial charge in [-0.2, -0.15) is 5.10 Å². The topological polar surface area (TPSA) is 71.6 Å². The molecule has 0 atom stereocenters. The van der Waals surface area contributed by atoms with Crippen LogP contribution in [0.5, 0.6) is 0 Å². The summed E-state index contributed by atoms with van der Waals surface area (Å²) in [5, 5.41) is 4.95. The Morgan fingerprint density at radius 1 is 1.00 bits per heavy atom. The van der Waals surface area contributed by atoms with E-state index < -0.39 is 0 Å². The molecule has 0 saturated carbocycles. The number of aromatic nitrogens is 2. The van der Waals surface area contributed by atoms with E-state index in [0.717, 1.165) is 0 Å².